The van der Waals surface area contributed by atoms with Crippen LogP contribution in [0.2, 0.25) is 0 Å². The van der Waals surface area contributed by atoms with Gasteiger partial charge in [-0.1, -0.05) is 12.1 Å². The molecule has 0 saturated heterocycles. The van der Waals surface area contributed by atoms with Crippen LogP contribution in [-0.2, 0) is 0 Å². The Labute approximate surface area is 128 Å². The molecule has 4 nitrogen and oxygen atoms in total. The van der Waals surface area contributed by atoms with Gasteiger partial charge in [-0.2, -0.15) is 0 Å². The Morgan fingerprint density at radius 3 is 2.45 bits per heavy atom. The first kappa shape index (κ1) is 16.0. The van der Waals surface area contributed by atoms with Gasteiger partial charge in [0.05, 0.1) is 7.11 Å². The van der Waals surface area contributed by atoms with E-state index in [-0.39, 0.29) is 18.2 Å². The third-order valence-electron chi connectivity index (χ3n) is 3.22. The van der Waals surface area contributed by atoms with Gasteiger partial charge in [-0.25, -0.2) is 4.39 Å². The van der Waals surface area contributed by atoms with Gasteiger partial charge < -0.3 is 14.6 Å². The maximum Gasteiger partial charge on any atom is 0.161 e. The van der Waals surface area contributed by atoms with Gasteiger partial charge in [-0.15, -0.1) is 0 Å². The first-order valence-electron chi connectivity index (χ1n) is 6.76. The monoisotopic (exact) mass is 304 g/mol. The van der Waals surface area contributed by atoms with Crippen molar-refractivity contribution in [3.63, 3.8) is 0 Å². The summed E-state index contributed by atoms with van der Waals surface area (Å²) in [6, 6.07) is 10.4. The molecule has 0 aliphatic heterocycles. The quantitative estimate of drug-likeness (QED) is 0.833. The second kappa shape index (κ2) is 7.04. The van der Waals surface area contributed by atoms with Crippen molar-refractivity contribution < 1.29 is 23.8 Å². The molecule has 2 aromatic carbocycles. The molecule has 0 heterocycles. The average Bonchev–Trinajstić information content (AvgIpc) is 2.52. The predicted molar refractivity (Wildman–Crippen MR) is 79.9 cm³/mol. The molecule has 1 unspecified atom stereocenters. The number of carbonyl (C=O) groups is 1. The number of halogens is 1. The van der Waals surface area contributed by atoms with E-state index in [1.54, 1.807) is 18.2 Å². The van der Waals surface area contributed by atoms with Gasteiger partial charge in [0, 0.05) is 5.56 Å². The minimum absolute atomic E-state index is 0.0125. The Kier molecular flexibility index (Phi) is 5.12. The Morgan fingerprint density at radius 2 is 1.86 bits per heavy atom. The van der Waals surface area contributed by atoms with Crippen molar-refractivity contribution in [2.75, 3.05) is 13.7 Å². The normalized spacial score (nSPS) is 11.8. The number of methoxy groups -OCH3 is 1. The topological polar surface area (TPSA) is 55.8 Å². The molecule has 0 radical (unpaired) electrons. The van der Waals surface area contributed by atoms with Gasteiger partial charge >= 0.3 is 0 Å². The summed E-state index contributed by atoms with van der Waals surface area (Å²) in [6.45, 7) is 1.45. The van der Waals surface area contributed by atoms with E-state index in [1.807, 2.05) is 0 Å². The highest BCUT2D eigenvalue weighted by Gasteiger charge is 2.12. The molecule has 0 fully saturated rings. The molecule has 22 heavy (non-hydrogen) atoms. The number of aliphatic hydroxyl groups is 1. The van der Waals surface area contributed by atoms with Crippen LogP contribution in [0.3, 0.4) is 0 Å². The third-order valence-corrected chi connectivity index (χ3v) is 3.22. The Hall–Kier alpha value is -2.40. The fourth-order valence-corrected chi connectivity index (χ4v) is 1.96. The van der Waals surface area contributed by atoms with Crippen LogP contribution >= 0.6 is 0 Å². The van der Waals surface area contributed by atoms with Crippen molar-refractivity contribution in [3.8, 4) is 11.5 Å². The molecule has 0 aliphatic carbocycles. The number of hydrogen-bond donors (Lipinski definition) is 1. The molecule has 1 N–H and O–H groups in total. The third kappa shape index (κ3) is 3.83. The van der Waals surface area contributed by atoms with E-state index >= 15 is 0 Å². The van der Waals surface area contributed by atoms with E-state index in [9.17, 15) is 14.3 Å². The minimum Gasteiger partial charge on any atom is -0.493 e. The smallest absolute Gasteiger partial charge is 0.161 e. The molecule has 2 aromatic rings. The van der Waals surface area contributed by atoms with Gasteiger partial charge in [0.1, 0.15) is 18.5 Å². The van der Waals surface area contributed by atoms with Gasteiger partial charge in [0.25, 0.3) is 0 Å². The van der Waals surface area contributed by atoms with Crippen LogP contribution in [-0.4, -0.2) is 24.6 Å². The standard InChI is InChI=1S/C17H17FO4/c1-11(19)13-5-8-16(17(9-13)21-2)22-10-15(20)12-3-6-14(18)7-4-12/h3-9,15,20H,10H2,1-2H3. The summed E-state index contributed by atoms with van der Waals surface area (Å²) >= 11 is 0. The molecule has 0 bridgehead atoms. The van der Waals surface area contributed by atoms with Gasteiger partial charge in [0.2, 0.25) is 0 Å². The summed E-state index contributed by atoms with van der Waals surface area (Å²) in [7, 11) is 1.47. The summed E-state index contributed by atoms with van der Waals surface area (Å²) in [6.07, 6.45) is -0.891. The molecule has 0 aliphatic rings. The summed E-state index contributed by atoms with van der Waals surface area (Å²) in [5.74, 6) is 0.405. The van der Waals surface area contributed by atoms with Crippen LogP contribution in [0.1, 0.15) is 28.9 Å². The van der Waals surface area contributed by atoms with Crippen molar-refractivity contribution >= 4 is 5.78 Å². The summed E-state index contributed by atoms with van der Waals surface area (Å²) < 4.78 is 23.6. The number of benzene rings is 2. The lowest BCUT2D eigenvalue weighted by atomic mass is 10.1. The molecule has 0 aromatic heterocycles. The summed E-state index contributed by atoms with van der Waals surface area (Å²) in [4.78, 5) is 11.3. The molecule has 2 rings (SSSR count). The Morgan fingerprint density at radius 1 is 1.18 bits per heavy atom. The molecule has 1 atom stereocenters. The molecule has 0 saturated carbocycles. The first-order valence-corrected chi connectivity index (χ1v) is 6.76. The van der Waals surface area contributed by atoms with E-state index in [4.69, 9.17) is 9.47 Å². The van der Waals surface area contributed by atoms with E-state index in [0.717, 1.165) is 0 Å². The number of carbonyl (C=O) groups excluding carboxylic acids is 1. The van der Waals surface area contributed by atoms with Crippen LogP contribution in [0, 0.1) is 5.82 Å². The van der Waals surface area contributed by atoms with Crippen molar-refractivity contribution in [2.45, 2.75) is 13.0 Å². The number of aliphatic hydroxyl groups excluding tert-OH is 1. The maximum atomic E-state index is 12.8. The van der Waals surface area contributed by atoms with Gasteiger partial charge in [-0.05, 0) is 42.8 Å². The second-order valence-corrected chi connectivity index (χ2v) is 4.80. The molecule has 0 spiro atoms. The van der Waals surface area contributed by atoms with E-state index in [2.05, 4.69) is 0 Å². The minimum atomic E-state index is -0.891. The fraction of sp³-hybridized carbons (Fsp3) is 0.235. The molecular weight excluding hydrogens is 287 g/mol. The van der Waals surface area contributed by atoms with E-state index < -0.39 is 6.10 Å². The van der Waals surface area contributed by atoms with Gasteiger partial charge in [0.15, 0.2) is 17.3 Å². The Bertz CT molecular complexity index is 652. The first-order chi connectivity index (χ1) is 10.5. The van der Waals surface area contributed by atoms with E-state index in [1.165, 1.54) is 38.3 Å². The molecule has 116 valence electrons. The zero-order chi connectivity index (χ0) is 16.1. The van der Waals surface area contributed by atoms with Crippen LogP contribution < -0.4 is 9.47 Å². The van der Waals surface area contributed by atoms with Crippen LogP contribution in [0.4, 0.5) is 4.39 Å². The van der Waals surface area contributed by atoms with Crippen LogP contribution in [0.25, 0.3) is 0 Å². The van der Waals surface area contributed by atoms with Crippen molar-refractivity contribution in [1.29, 1.82) is 0 Å². The Balaban J connectivity index is 2.07. The highest BCUT2D eigenvalue weighted by Crippen LogP contribution is 2.29. The number of hydrogen-bond acceptors (Lipinski definition) is 4. The molecular formula is C17H17FO4. The van der Waals surface area contributed by atoms with Crippen molar-refractivity contribution in [3.05, 3.63) is 59.4 Å². The van der Waals surface area contributed by atoms with E-state index in [0.29, 0.717) is 22.6 Å². The predicted octanol–water partition coefficient (Wildman–Crippen LogP) is 3.15. The number of Topliss-reactive ketones (excluding diaryl/α,β-unsaturated/α-hetero) is 1. The van der Waals surface area contributed by atoms with Crippen molar-refractivity contribution in [2.24, 2.45) is 0 Å². The lowest BCUT2D eigenvalue weighted by Gasteiger charge is -2.15. The highest BCUT2D eigenvalue weighted by molar-refractivity contribution is 5.94. The zero-order valence-corrected chi connectivity index (χ0v) is 12.4. The average molecular weight is 304 g/mol. The summed E-state index contributed by atoms with van der Waals surface area (Å²) in [5.41, 5.74) is 1.07. The van der Waals surface area contributed by atoms with Crippen LogP contribution in [0.5, 0.6) is 11.5 Å². The number of ketones is 1. The zero-order valence-electron chi connectivity index (χ0n) is 12.4. The number of ether oxygens (including phenoxy) is 2. The fourth-order valence-electron chi connectivity index (χ4n) is 1.96. The molecule has 0 amide bonds. The second-order valence-electron chi connectivity index (χ2n) is 4.80. The lowest BCUT2D eigenvalue weighted by molar-refractivity contribution is 0.101. The highest BCUT2D eigenvalue weighted by atomic mass is 19.1. The van der Waals surface area contributed by atoms with Crippen molar-refractivity contribution in [1.82, 2.24) is 0 Å². The summed E-state index contributed by atoms with van der Waals surface area (Å²) in [5, 5.41) is 10.0. The largest absolute Gasteiger partial charge is 0.493 e. The lowest BCUT2D eigenvalue weighted by Crippen LogP contribution is -2.10. The SMILES string of the molecule is COc1cc(C(C)=O)ccc1OCC(O)c1ccc(F)cc1. The molecule has 5 heteroatoms. The number of rotatable bonds is 6. The van der Waals surface area contributed by atoms with Gasteiger partial charge in [-0.3, -0.25) is 4.79 Å². The maximum absolute atomic E-state index is 12.8. The van der Waals surface area contributed by atoms with Crippen LogP contribution in [0.15, 0.2) is 42.5 Å².